The molecule has 0 unspecified atom stereocenters. The van der Waals surface area contributed by atoms with Gasteiger partial charge in [0.25, 0.3) is 0 Å². The number of hydrogen-bond donors (Lipinski definition) is 1. The Bertz CT molecular complexity index is 450. The fourth-order valence-electron chi connectivity index (χ4n) is 1.46. The van der Waals surface area contributed by atoms with Gasteiger partial charge in [-0.15, -0.1) is 0 Å². The Morgan fingerprint density at radius 1 is 1.56 bits per heavy atom. The third kappa shape index (κ3) is 3.08. The van der Waals surface area contributed by atoms with Gasteiger partial charge < -0.3 is 9.73 Å². The Balaban J connectivity index is 1.97. The molecule has 0 amide bonds. The van der Waals surface area contributed by atoms with E-state index in [1.165, 1.54) is 5.56 Å². The zero-order chi connectivity index (χ0) is 11.4. The highest BCUT2D eigenvalue weighted by Crippen LogP contribution is 2.10. The maximum Gasteiger partial charge on any atom is 0.125 e. The topological polar surface area (TPSA) is 43.0 Å². The van der Waals surface area contributed by atoms with Crippen molar-refractivity contribution >= 4 is 22.6 Å². The van der Waals surface area contributed by atoms with Crippen LogP contribution in [0.5, 0.6) is 0 Å². The van der Waals surface area contributed by atoms with Crippen molar-refractivity contribution in [2.45, 2.75) is 20.0 Å². The molecule has 0 spiro atoms. The third-order valence-corrected chi connectivity index (χ3v) is 2.76. The van der Waals surface area contributed by atoms with Crippen LogP contribution in [0.3, 0.4) is 0 Å². The highest BCUT2D eigenvalue weighted by molar-refractivity contribution is 14.1. The zero-order valence-corrected chi connectivity index (χ0v) is 11.3. The van der Waals surface area contributed by atoms with Crippen LogP contribution in [0.2, 0.25) is 0 Å². The summed E-state index contributed by atoms with van der Waals surface area (Å²) in [6.45, 7) is 4.61. The molecule has 16 heavy (non-hydrogen) atoms. The Morgan fingerprint density at radius 3 is 3.12 bits per heavy atom. The van der Waals surface area contributed by atoms with Crippen LogP contribution in [-0.4, -0.2) is 16.3 Å². The minimum absolute atomic E-state index is 0.690. The zero-order valence-electron chi connectivity index (χ0n) is 9.11. The number of nitrogens with zero attached hydrogens (tertiary/aromatic N) is 2. The van der Waals surface area contributed by atoms with Gasteiger partial charge in [0, 0.05) is 18.3 Å². The van der Waals surface area contributed by atoms with E-state index in [1.54, 1.807) is 6.26 Å². The van der Waals surface area contributed by atoms with E-state index in [1.807, 2.05) is 17.1 Å². The van der Waals surface area contributed by atoms with E-state index in [9.17, 15) is 0 Å². The van der Waals surface area contributed by atoms with Gasteiger partial charge in [-0.3, -0.25) is 4.68 Å². The molecule has 0 radical (unpaired) electrons. The molecule has 2 heterocycles. The number of halogens is 1. The van der Waals surface area contributed by atoms with Crippen LogP contribution in [0, 0.1) is 3.57 Å². The normalized spacial score (nSPS) is 10.9. The number of hydrogen-bond acceptors (Lipinski definition) is 3. The van der Waals surface area contributed by atoms with E-state index in [2.05, 4.69) is 46.0 Å². The predicted octanol–water partition coefficient (Wildman–Crippen LogP) is 2.24. The highest BCUT2D eigenvalue weighted by Gasteiger charge is 2.03. The number of nitrogens with one attached hydrogen (secondary N) is 1. The molecule has 0 aromatic carbocycles. The van der Waals surface area contributed by atoms with Crippen molar-refractivity contribution in [2.24, 2.45) is 0 Å². The van der Waals surface area contributed by atoms with Gasteiger partial charge in [0.2, 0.25) is 0 Å². The summed E-state index contributed by atoms with van der Waals surface area (Å²) in [6.07, 6.45) is 5.63. The minimum atomic E-state index is 0.690. The summed E-state index contributed by atoms with van der Waals surface area (Å²) in [5.74, 6) is 0.937. The van der Waals surface area contributed by atoms with E-state index >= 15 is 0 Å². The van der Waals surface area contributed by atoms with Crippen LogP contribution in [0.15, 0.2) is 29.1 Å². The summed E-state index contributed by atoms with van der Waals surface area (Å²) in [5, 5.41) is 7.48. The van der Waals surface area contributed by atoms with Crippen LogP contribution in [0.4, 0.5) is 0 Å². The smallest absolute Gasteiger partial charge is 0.125 e. The first-order chi connectivity index (χ1) is 7.78. The summed E-state index contributed by atoms with van der Waals surface area (Å²) in [7, 11) is 0. The average Bonchev–Trinajstić information content (AvgIpc) is 2.86. The van der Waals surface area contributed by atoms with Gasteiger partial charge in [-0.2, -0.15) is 5.10 Å². The summed E-state index contributed by atoms with van der Waals surface area (Å²) in [6, 6.07) is 2.07. The van der Waals surface area contributed by atoms with Gasteiger partial charge in [-0.05, 0) is 35.2 Å². The average molecular weight is 331 g/mol. The lowest BCUT2D eigenvalue weighted by Gasteiger charge is -1.96. The quantitative estimate of drug-likeness (QED) is 0.855. The van der Waals surface area contributed by atoms with Gasteiger partial charge in [-0.25, -0.2) is 0 Å². The molecule has 86 valence electrons. The minimum Gasteiger partial charge on any atom is -0.467 e. The molecule has 0 aliphatic carbocycles. The second-order valence-electron chi connectivity index (χ2n) is 3.56. The molecule has 0 fully saturated rings. The van der Waals surface area contributed by atoms with Crippen LogP contribution in [0.25, 0.3) is 0 Å². The fraction of sp³-hybridized carbons (Fsp3) is 0.364. The number of rotatable bonds is 5. The molecule has 0 bridgehead atoms. The van der Waals surface area contributed by atoms with E-state index < -0.39 is 0 Å². The van der Waals surface area contributed by atoms with E-state index in [0.717, 1.165) is 22.4 Å². The summed E-state index contributed by atoms with van der Waals surface area (Å²) in [4.78, 5) is 0. The molecule has 2 aromatic rings. The monoisotopic (exact) mass is 331 g/mol. The Labute approximate surface area is 108 Å². The second-order valence-corrected chi connectivity index (χ2v) is 4.80. The standard InChI is InChI=1S/C11H14IN3O/c1-2-13-4-9-3-11(16-8-9)7-15-6-10(12)5-14-15/h3,5-6,8,13H,2,4,7H2,1H3. The lowest BCUT2D eigenvalue weighted by atomic mass is 10.3. The first-order valence-corrected chi connectivity index (χ1v) is 6.30. The largest absolute Gasteiger partial charge is 0.467 e. The van der Waals surface area contributed by atoms with Gasteiger partial charge in [-0.1, -0.05) is 6.92 Å². The van der Waals surface area contributed by atoms with Crippen molar-refractivity contribution in [1.29, 1.82) is 0 Å². The summed E-state index contributed by atoms with van der Waals surface area (Å²) in [5.41, 5.74) is 1.18. The molecule has 0 aliphatic rings. The first-order valence-electron chi connectivity index (χ1n) is 5.23. The maximum atomic E-state index is 5.47. The van der Waals surface area contributed by atoms with Crippen LogP contribution < -0.4 is 5.32 Å². The Morgan fingerprint density at radius 2 is 2.44 bits per heavy atom. The first kappa shape index (κ1) is 11.7. The molecular weight excluding hydrogens is 317 g/mol. The molecule has 1 N–H and O–H groups in total. The van der Waals surface area contributed by atoms with Crippen molar-refractivity contribution in [3.05, 3.63) is 39.6 Å². The Hall–Kier alpha value is -0.820. The summed E-state index contributed by atoms with van der Waals surface area (Å²) >= 11 is 2.24. The second kappa shape index (κ2) is 5.49. The van der Waals surface area contributed by atoms with Gasteiger partial charge in [0.15, 0.2) is 0 Å². The third-order valence-electron chi connectivity index (χ3n) is 2.21. The van der Waals surface area contributed by atoms with Crippen LogP contribution in [0.1, 0.15) is 18.2 Å². The van der Waals surface area contributed by atoms with Crippen LogP contribution >= 0.6 is 22.6 Å². The fourth-order valence-corrected chi connectivity index (χ4v) is 1.90. The van der Waals surface area contributed by atoms with Gasteiger partial charge in [0.05, 0.1) is 22.6 Å². The number of furan rings is 1. The molecule has 2 aromatic heterocycles. The lowest BCUT2D eigenvalue weighted by molar-refractivity contribution is 0.478. The van der Waals surface area contributed by atoms with Crippen molar-refractivity contribution in [3.8, 4) is 0 Å². The van der Waals surface area contributed by atoms with E-state index in [0.29, 0.717) is 6.54 Å². The predicted molar refractivity (Wildman–Crippen MR) is 70.1 cm³/mol. The van der Waals surface area contributed by atoms with Crippen molar-refractivity contribution in [3.63, 3.8) is 0 Å². The molecular formula is C11H14IN3O. The Kier molecular flexibility index (Phi) is 4.00. The van der Waals surface area contributed by atoms with Crippen molar-refractivity contribution < 1.29 is 4.42 Å². The molecule has 4 nitrogen and oxygen atoms in total. The van der Waals surface area contributed by atoms with Crippen molar-refractivity contribution in [2.75, 3.05) is 6.54 Å². The summed E-state index contributed by atoms with van der Waals surface area (Å²) < 4.78 is 8.48. The molecule has 0 saturated carbocycles. The van der Waals surface area contributed by atoms with E-state index in [4.69, 9.17) is 4.42 Å². The number of aromatic nitrogens is 2. The molecule has 0 saturated heterocycles. The van der Waals surface area contributed by atoms with Crippen molar-refractivity contribution in [1.82, 2.24) is 15.1 Å². The molecule has 5 heteroatoms. The highest BCUT2D eigenvalue weighted by atomic mass is 127. The van der Waals surface area contributed by atoms with Crippen LogP contribution in [-0.2, 0) is 13.1 Å². The SMILES string of the molecule is CCNCc1coc(Cn2cc(I)cn2)c1. The molecule has 0 aliphatic heterocycles. The molecule has 2 rings (SSSR count). The maximum absolute atomic E-state index is 5.47. The van der Waals surface area contributed by atoms with Gasteiger partial charge in [0.1, 0.15) is 5.76 Å². The van der Waals surface area contributed by atoms with Gasteiger partial charge >= 0.3 is 0 Å². The lowest BCUT2D eigenvalue weighted by Crippen LogP contribution is -2.10. The molecule has 0 atom stereocenters. The van der Waals surface area contributed by atoms with E-state index in [-0.39, 0.29) is 0 Å².